The summed E-state index contributed by atoms with van der Waals surface area (Å²) in [4.78, 5) is 38.5. The Morgan fingerprint density at radius 1 is 1.33 bits per heavy atom. The van der Waals surface area contributed by atoms with E-state index in [0.29, 0.717) is 10.6 Å². The summed E-state index contributed by atoms with van der Waals surface area (Å²) >= 11 is 6.62. The lowest BCUT2D eigenvalue weighted by Crippen LogP contribution is -2.21. The highest BCUT2D eigenvalue weighted by Gasteiger charge is 2.25. The van der Waals surface area contributed by atoms with E-state index >= 15 is 0 Å². The third kappa shape index (κ3) is 3.93. The number of carbonyl (C=O) groups excluding carboxylic acids is 3. The number of benzene rings is 1. The lowest BCUT2D eigenvalue weighted by Gasteiger charge is -1.97. The minimum Gasteiger partial charge on any atom is -0.466 e. The highest BCUT2D eigenvalue weighted by atomic mass is 35.5. The maximum absolute atomic E-state index is 11.9. The highest BCUT2D eigenvalue weighted by molar-refractivity contribution is 8.18. The monoisotopic (exact) mass is 324 g/mol. The zero-order valence-electron chi connectivity index (χ0n) is 10.8. The number of hydrogen-bond donors (Lipinski definition) is 1. The number of hydrogen-bond acceptors (Lipinski definition) is 5. The summed E-state index contributed by atoms with van der Waals surface area (Å²) in [6.07, 6.45) is 1.04. The Morgan fingerprint density at radius 3 is 2.62 bits per heavy atom. The van der Waals surface area contributed by atoms with Gasteiger partial charge in [-0.15, -0.1) is 0 Å². The molecule has 1 saturated heterocycles. The quantitative estimate of drug-likeness (QED) is 0.662. The second-order valence-corrected chi connectivity index (χ2v) is 5.28. The van der Waals surface area contributed by atoms with Crippen LogP contribution in [0, 0.1) is 0 Å². The molecule has 6 nitrogen and oxygen atoms in total. The van der Waals surface area contributed by atoms with Crippen LogP contribution in [0.1, 0.15) is 10.4 Å². The van der Waals surface area contributed by atoms with E-state index in [1.165, 1.54) is 19.2 Å². The van der Waals surface area contributed by atoms with Crippen LogP contribution in [0.25, 0.3) is 0 Å². The van der Waals surface area contributed by atoms with Crippen molar-refractivity contribution in [3.63, 3.8) is 0 Å². The Kier molecular flexibility index (Phi) is 4.77. The van der Waals surface area contributed by atoms with Gasteiger partial charge in [-0.3, -0.25) is 9.59 Å². The molecule has 0 saturated carbocycles. The molecule has 2 rings (SSSR count). The van der Waals surface area contributed by atoms with Crippen LogP contribution in [-0.4, -0.2) is 30.1 Å². The van der Waals surface area contributed by atoms with Crippen LogP contribution in [0.4, 0.5) is 0 Å². The molecule has 0 aromatic heterocycles. The van der Waals surface area contributed by atoms with Crippen LogP contribution < -0.4 is 5.32 Å². The van der Waals surface area contributed by atoms with Crippen molar-refractivity contribution in [2.75, 3.05) is 7.11 Å². The largest absolute Gasteiger partial charge is 0.466 e. The third-order valence-corrected chi connectivity index (χ3v) is 3.56. The minimum atomic E-state index is -0.655. The molecule has 0 atom stereocenters. The molecule has 8 heteroatoms. The lowest BCUT2D eigenvalue weighted by atomic mass is 10.2. The first-order valence-electron chi connectivity index (χ1n) is 5.67. The number of methoxy groups -OCH3 is 1. The summed E-state index contributed by atoms with van der Waals surface area (Å²) in [6, 6.07) is 6.19. The van der Waals surface area contributed by atoms with Gasteiger partial charge in [0.15, 0.2) is 5.17 Å². The van der Waals surface area contributed by atoms with Crippen molar-refractivity contribution >= 4 is 46.3 Å². The summed E-state index contributed by atoms with van der Waals surface area (Å²) in [5.41, 5.74) is 0.340. The molecule has 1 aromatic rings. The molecule has 0 aliphatic carbocycles. The molecule has 2 amide bonds. The van der Waals surface area contributed by atoms with E-state index in [1.54, 1.807) is 12.1 Å². The van der Waals surface area contributed by atoms with Gasteiger partial charge in [-0.25, -0.2) is 4.79 Å². The molecule has 1 fully saturated rings. The number of ether oxygens (including phenoxy) is 1. The van der Waals surface area contributed by atoms with Crippen molar-refractivity contribution in [2.24, 2.45) is 4.99 Å². The van der Waals surface area contributed by atoms with Crippen LogP contribution in [0.3, 0.4) is 0 Å². The number of nitrogens with one attached hydrogen (secondary N) is 1. The van der Waals surface area contributed by atoms with Crippen LogP contribution in [0.5, 0.6) is 0 Å². The van der Waals surface area contributed by atoms with E-state index in [0.717, 1.165) is 17.8 Å². The molecule has 0 spiro atoms. The van der Waals surface area contributed by atoms with E-state index < -0.39 is 17.8 Å². The number of aliphatic imine (C=N–C) groups is 1. The predicted molar refractivity (Wildman–Crippen MR) is 79.1 cm³/mol. The molecular weight excluding hydrogens is 316 g/mol. The number of thioether (sulfide) groups is 1. The zero-order chi connectivity index (χ0) is 15.4. The minimum absolute atomic E-state index is 0.107. The van der Waals surface area contributed by atoms with Crippen LogP contribution >= 0.6 is 23.4 Å². The molecule has 1 aliphatic heterocycles. The summed E-state index contributed by atoms with van der Waals surface area (Å²) in [6.45, 7) is 0. The van der Waals surface area contributed by atoms with Gasteiger partial charge >= 0.3 is 5.97 Å². The molecule has 108 valence electrons. The van der Waals surface area contributed by atoms with Crippen molar-refractivity contribution in [1.29, 1.82) is 0 Å². The van der Waals surface area contributed by atoms with Crippen LogP contribution in [0.2, 0.25) is 5.02 Å². The van der Waals surface area contributed by atoms with E-state index in [9.17, 15) is 14.4 Å². The second kappa shape index (κ2) is 6.55. The number of amides is 2. The summed E-state index contributed by atoms with van der Waals surface area (Å²) in [5.74, 6) is -1.68. The molecule has 21 heavy (non-hydrogen) atoms. The van der Waals surface area contributed by atoms with Gasteiger partial charge in [-0.05, 0) is 36.0 Å². The Morgan fingerprint density at radius 2 is 2.00 bits per heavy atom. The third-order valence-electron chi connectivity index (χ3n) is 2.40. The van der Waals surface area contributed by atoms with E-state index in [2.05, 4.69) is 15.0 Å². The van der Waals surface area contributed by atoms with Gasteiger partial charge in [0, 0.05) is 16.7 Å². The SMILES string of the molecule is COC(=O)/C=C1\SC(=NC(=O)c2ccc(Cl)cc2)NC1=O. The van der Waals surface area contributed by atoms with Gasteiger partial charge < -0.3 is 10.1 Å². The van der Waals surface area contributed by atoms with Gasteiger partial charge in [0.1, 0.15) is 0 Å². The first-order valence-corrected chi connectivity index (χ1v) is 6.86. The molecular formula is C13H9ClN2O4S. The molecule has 0 bridgehead atoms. The molecule has 1 N–H and O–H groups in total. The number of amidine groups is 1. The number of carbonyl (C=O) groups is 3. The Labute approximate surface area is 129 Å². The maximum atomic E-state index is 11.9. The number of nitrogens with zero attached hydrogens (tertiary/aromatic N) is 1. The van der Waals surface area contributed by atoms with E-state index in [-0.39, 0.29) is 10.1 Å². The average molecular weight is 325 g/mol. The van der Waals surface area contributed by atoms with Crippen molar-refractivity contribution < 1.29 is 19.1 Å². The normalized spacial score (nSPS) is 17.9. The fourth-order valence-electron chi connectivity index (χ4n) is 1.40. The zero-order valence-corrected chi connectivity index (χ0v) is 12.3. The topological polar surface area (TPSA) is 84.8 Å². The van der Waals surface area contributed by atoms with Gasteiger partial charge in [0.25, 0.3) is 11.8 Å². The first kappa shape index (κ1) is 15.3. The second-order valence-electron chi connectivity index (χ2n) is 3.82. The lowest BCUT2D eigenvalue weighted by molar-refractivity contribution is -0.135. The number of halogens is 1. The van der Waals surface area contributed by atoms with Gasteiger partial charge in [0.05, 0.1) is 12.0 Å². The Balaban J connectivity index is 2.14. The van der Waals surface area contributed by atoms with E-state index in [4.69, 9.17) is 11.6 Å². The van der Waals surface area contributed by atoms with Crippen molar-refractivity contribution in [1.82, 2.24) is 5.32 Å². The number of esters is 1. The Bertz CT molecular complexity index is 667. The summed E-state index contributed by atoms with van der Waals surface area (Å²) < 4.78 is 4.43. The van der Waals surface area contributed by atoms with Crippen molar-refractivity contribution in [2.45, 2.75) is 0 Å². The summed E-state index contributed by atoms with van der Waals surface area (Å²) in [5, 5.41) is 3.01. The standard InChI is InChI=1S/C13H9ClN2O4S/c1-20-10(17)6-9-12(19)16-13(21-9)15-11(18)7-2-4-8(14)5-3-7/h2-6H,1H3,(H,15,16,18,19)/b9-6-. The average Bonchev–Trinajstić information content (AvgIpc) is 2.79. The van der Waals surface area contributed by atoms with Gasteiger partial charge in [0.2, 0.25) is 0 Å². The molecule has 1 aromatic carbocycles. The fourth-order valence-corrected chi connectivity index (χ4v) is 2.30. The first-order chi connectivity index (χ1) is 9.99. The fraction of sp³-hybridized carbons (Fsp3) is 0.0769. The smallest absolute Gasteiger partial charge is 0.331 e. The van der Waals surface area contributed by atoms with Gasteiger partial charge in [-0.1, -0.05) is 11.6 Å². The highest BCUT2D eigenvalue weighted by Crippen LogP contribution is 2.24. The maximum Gasteiger partial charge on any atom is 0.331 e. The summed E-state index contributed by atoms with van der Waals surface area (Å²) in [7, 11) is 1.20. The molecule has 0 unspecified atom stereocenters. The molecule has 1 aliphatic rings. The molecule has 0 radical (unpaired) electrons. The predicted octanol–water partition coefficient (Wildman–Crippen LogP) is 1.76. The van der Waals surface area contributed by atoms with Crippen molar-refractivity contribution in [3.8, 4) is 0 Å². The number of rotatable bonds is 2. The van der Waals surface area contributed by atoms with Crippen molar-refractivity contribution in [3.05, 3.63) is 45.8 Å². The van der Waals surface area contributed by atoms with E-state index in [1.807, 2.05) is 0 Å². The van der Waals surface area contributed by atoms with Crippen LogP contribution in [0.15, 0.2) is 40.2 Å². The Hall–Kier alpha value is -2.12. The molecule has 1 heterocycles. The van der Waals surface area contributed by atoms with Gasteiger partial charge in [-0.2, -0.15) is 4.99 Å². The van der Waals surface area contributed by atoms with Crippen LogP contribution in [-0.2, 0) is 14.3 Å².